The van der Waals surface area contributed by atoms with E-state index in [1.165, 1.54) is 28.8 Å². The summed E-state index contributed by atoms with van der Waals surface area (Å²) in [6.45, 7) is 4.59. The average molecular weight is 275 g/mol. The first-order chi connectivity index (χ1) is 9.08. The van der Waals surface area contributed by atoms with Crippen molar-refractivity contribution in [1.82, 2.24) is 0 Å². The monoisotopic (exact) mass is 275 g/mol. The fraction of sp³-hybridized carbons (Fsp3) is 0.200. The lowest BCUT2D eigenvalue weighted by molar-refractivity contribution is 0.304. The van der Waals surface area contributed by atoms with E-state index in [0.29, 0.717) is 12.4 Å². The zero-order valence-electron chi connectivity index (χ0n) is 10.9. The van der Waals surface area contributed by atoms with Gasteiger partial charge in [-0.25, -0.2) is 0 Å². The van der Waals surface area contributed by atoms with Crippen molar-refractivity contribution in [3.05, 3.63) is 59.2 Å². The van der Waals surface area contributed by atoms with E-state index in [-0.39, 0.29) is 4.90 Å². The standard InChI is InChI=1S/C15H16O3S/c1-11-4-3-5-12(2)15(11)10-18-13-6-8-14(9-7-13)19(16)17/h3-9H,10H2,1-2H3,(H,16,17)/p-1. The van der Waals surface area contributed by atoms with Crippen LogP contribution >= 0.6 is 0 Å². The summed E-state index contributed by atoms with van der Waals surface area (Å²) in [6, 6.07) is 12.5. The van der Waals surface area contributed by atoms with E-state index in [2.05, 4.69) is 26.0 Å². The molecule has 0 aromatic heterocycles. The van der Waals surface area contributed by atoms with Gasteiger partial charge < -0.3 is 9.29 Å². The SMILES string of the molecule is Cc1cccc(C)c1COc1ccc(S(=O)[O-])cc1. The number of rotatable bonds is 4. The highest BCUT2D eigenvalue weighted by Gasteiger charge is 2.03. The largest absolute Gasteiger partial charge is 0.768 e. The Morgan fingerprint density at radius 2 is 1.63 bits per heavy atom. The van der Waals surface area contributed by atoms with Crippen LogP contribution in [0.5, 0.6) is 5.75 Å². The van der Waals surface area contributed by atoms with Crippen molar-refractivity contribution in [2.75, 3.05) is 0 Å². The quantitative estimate of drug-likeness (QED) is 0.805. The molecule has 2 rings (SSSR count). The van der Waals surface area contributed by atoms with Gasteiger partial charge in [-0.15, -0.1) is 0 Å². The van der Waals surface area contributed by atoms with Gasteiger partial charge in [0.1, 0.15) is 12.4 Å². The van der Waals surface area contributed by atoms with E-state index < -0.39 is 11.1 Å². The summed E-state index contributed by atoms with van der Waals surface area (Å²) in [5, 5.41) is 0. The molecule has 0 fully saturated rings. The molecule has 0 saturated carbocycles. The average Bonchev–Trinajstić information content (AvgIpc) is 2.38. The number of hydrogen-bond donors (Lipinski definition) is 0. The second-order valence-corrected chi connectivity index (χ2v) is 5.31. The minimum atomic E-state index is -2.19. The highest BCUT2D eigenvalue weighted by atomic mass is 32.2. The van der Waals surface area contributed by atoms with Crippen molar-refractivity contribution >= 4 is 11.1 Å². The van der Waals surface area contributed by atoms with E-state index in [9.17, 15) is 8.76 Å². The van der Waals surface area contributed by atoms with Gasteiger partial charge in [-0.2, -0.15) is 0 Å². The number of ether oxygens (including phenoxy) is 1. The van der Waals surface area contributed by atoms with Crippen molar-refractivity contribution in [2.45, 2.75) is 25.3 Å². The summed E-state index contributed by atoms with van der Waals surface area (Å²) in [5.74, 6) is 0.664. The van der Waals surface area contributed by atoms with Gasteiger partial charge in [-0.05, 0) is 65.9 Å². The van der Waals surface area contributed by atoms with E-state index >= 15 is 0 Å². The van der Waals surface area contributed by atoms with Gasteiger partial charge in [0.2, 0.25) is 0 Å². The molecule has 2 aromatic carbocycles. The molecule has 0 bridgehead atoms. The molecular formula is C15H15O3S-. The molecular weight excluding hydrogens is 260 g/mol. The van der Waals surface area contributed by atoms with Crippen LogP contribution in [0, 0.1) is 13.8 Å². The lowest BCUT2D eigenvalue weighted by atomic mass is 10.0. The van der Waals surface area contributed by atoms with Crippen LogP contribution < -0.4 is 4.74 Å². The molecule has 1 atom stereocenters. The van der Waals surface area contributed by atoms with Gasteiger partial charge in [0.25, 0.3) is 0 Å². The first-order valence-corrected chi connectivity index (χ1v) is 7.02. The molecule has 0 heterocycles. The summed E-state index contributed by atoms with van der Waals surface area (Å²) in [7, 11) is 0. The summed E-state index contributed by atoms with van der Waals surface area (Å²) in [5.41, 5.74) is 3.55. The highest BCUT2D eigenvalue weighted by Crippen LogP contribution is 2.18. The fourth-order valence-electron chi connectivity index (χ4n) is 1.88. The Kier molecular flexibility index (Phi) is 4.35. The Morgan fingerprint density at radius 3 is 2.16 bits per heavy atom. The van der Waals surface area contributed by atoms with Gasteiger partial charge in [0, 0.05) is 4.90 Å². The number of aryl methyl sites for hydroxylation is 2. The molecule has 1 unspecified atom stereocenters. The Morgan fingerprint density at radius 1 is 1.05 bits per heavy atom. The minimum Gasteiger partial charge on any atom is -0.768 e. The Bertz CT molecular complexity index is 571. The van der Waals surface area contributed by atoms with Crippen LogP contribution in [0.4, 0.5) is 0 Å². The van der Waals surface area contributed by atoms with E-state index in [1.54, 1.807) is 12.1 Å². The lowest BCUT2D eigenvalue weighted by Gasteiger charge is -2.12. The minimum absolute atomic E-state index is 0.263. The molecule has 0 spiro atoms. The second kappa shape index (κ2) is 5.99. The third kappa shape index (κ3) is 3.43. The third-order valence-electron chi connectivity index (χ3n) is 3.04. The van der Waals surface area contributed by atoms with Gasteiger partial charge >= 0.3 is 0 Å². The maximum Gasteiger partial charge on any atom is 0.119 e. The van der Waals surface area contributed by atoms with Gasteiger partial charge in [-0.1, -0.05) is 18.2 Å². The lowest BCUT2D eigenvalue weighted by Crippen LogP contribution is -2.00. The van der Waals surface area contributed by atoms with Crippen LogP contribution in [0.25, 0.3) is 0 Å². The topological polar surface area (TPSA) is 49.4 Å². The molecule has 4 heteroatoms. The van der Waals surface area contributed by atoms with Gasteiger partial charge in [0.05, 0.1) is 0 Å². The molecule has 0 aliphatic heterocycles. The number of benzene rings is 2. The van der Waals surface area contributed by atoms with Crippen LogP contribution in [0.15, 0.2) is 47.4 Å². The molecule has 100 valence electrons. The normalized spacial score (nSPS) is 12.2. The van der Waals surface area contributed by atoms with Crippen LogP contribution in [-0.4, -0.2) is 8.76 Å². The zero-order valence-corrected chi connectivity index (χ0v) is 11.7. The van der Waals surface area contributed by atoms with Crippen LogP contribution in [0.2, 0.25) is 0 Å². The first-order valence-electron chi connectivity index (χ1n) is 5.95. The molecule has 0 aliphatic carbocycles. The molecule has 0 amide bonds. The maximum absolute atomic E-state index is 10.7. The van der Waals surface area contributed by atoms with Gasteiger partial charge in [0.15, 0.2) is 0 Å². The summed E-state index contributed by atoms with van der Waals surface area (Å²) >= 11 is -2.19. The second-order valence-electron chi connectivity index (χ2n) is 4.37. The smallest absolute Gasteiger partial charge is 0.119 e. The molecule has 0 radical (unpaired) electrons. The first kappa shape index (κ1) is 13.8. The molecule has 0 saturated heterocycles. The van der Waals surface area contributed by atoms with Crippen molar-refractivity contribution < 1.29 is 13.5 Å². The summed E-state index contributed by atoms with van der Waals surface area (Å²) < 4.78 is 27.2. The van der Waals surface area contributed by atoms with Crippen molar-refractivity contribution in [1.29, 1.82) is 0 Å². The Labute approximate surface area is 115 Å². The molecule has 0 aliphatic rings. The van der Waals surface area contributed by atoms with Crippen LogP contribution in [0.3, 0.4) is 0 Å². The predicted molar refractivity (Wildman–Crippen MR) is 73.9 cm³/mol. The van der Waals surface area contributed by atoms with Crippen molar-refractivity contribution in [2.24, 2.45) is 0 Å². The summed E-state index contributed by atoms with van der Waals surface area (Å²) in [4.78, 5) is 0.263. The summed E-state index contributed by atoms with van der Waals surface area (Å²) in [6.07, 6.45) is 0. The van der Waals surface area contributed by atoms with E-state index in [1.807, 2.05) is 6.07 Å². The highest BCUT2D eigenvalue weighted by molar-refractivity contribution is 7.79. The molecule has 3 nitrogen and oxygen atoms in total. The Hall–Kier alpha value is -1.65. The fourth-order valence-corrected chi connectivity index (χ4v) is 2.24. The van der Waals surface area contributed by atoms with E-state index in [4.69, 9.17) is 4.74 Å². The van der Waals surface area contributed by atoms with Crippen LogP contribution in [0.1, 0.15) is 16.7 Å². The maximum atomic E-state index is 10.7. The van der Waals surface area contributed by atoms with E-state index in [0.717, 1.165) is 0 Å². The molecule has 19 heavy (non-hydrogen) atoms. The third-order valence-corrected chi connectivity index (χ3v) is 3.70. The van der Waals surface area contributed by atoms with Crippen LogP contribution in [-0.2, 0) is 17.7 Å². The number of hydrogen-bond acceptors (Lipinski definition) is 3. The molecule has 0 N–H and O–H groups in total. The zero-order chi connectivity index (χ0) is 13.8. The molecule has 2 aromatic rings. The van der Waals surface area contributed by atoms with Crippen molar-refractivity contribution in [3.63, 3.8) is 0 Å². The Balaban J connectivity index is 2.08. The van der Waals surface area contributed by atoms with Gasteiger partial charge in [-0.3, -0.25) is 4.21 Å². The predicted octanol–water partition coefficient (Wildman–Crippen LogP) is 3.12. The van der Waals surface area contributed by atoms with Crippen molar-refractivity contribution in [3.8, 4) is 5.75 Å².